The highest BCUT2D eigenvalue weighted by molar-refractivity contribution is 5.79. The number of aryl methyl sites for hydroxylation is 2. The van der Waals surface area contributed by atoms with Crippen LogP contribution in [0.5, 0.6) is 5.75 Å². The summed E-state index contributed by atoms with van der Waals surface area (Å²) < 4.78 is 0. The van der Waals surface area contributed by atoms with Crippen molar-refractivity contribution >= 4 is 11.8 Å². The molecular formula is C50H46N2O3. The quantitative estimate of drug-likeness (QED) is 0.111. The van der Waals surface area contributed by atoms with Crippen molar-refractivity contribution in [3.8, 4) is 28.0 Å². The van der Waals surface area contributed by atoms with Gasteiger partial charge < -0.3 is 15.7 Å². The molecule has 0 aromatic heterocycles. The van der Waals surface area contributed by atoms with Gasteiger partial charge in [0.1, 0.15) is 5.75 Å². The van der Waals surface area contributed by atoms with Gasteiger partial charge in [-0.3, -0.25) is 9.59 Å². The molecule has 0 bridgehead atoms. The molecule has 0 saturated heterocycles. The van der Waals surface area contributed by atoms with E-state index in [1.807, 2.05) is 84.9 Å². The van der Waals surface area contributed by atoms with Crippen LogP contribution >= 0.6 is 0 Å². The Kier molecular flexibility index (Phi) is 13.8. The molecule has 0 spiro atoms. The molecule has 7 aromatic carbocycles. The van der Waals surface area contributed by atoms with Gasteiger partial charge in [0.25, 0.3) is 0 Å². The molecule has 274 valence electrons. The molecule has 7 rings (SSSR count). The number of hydrogen-bond donors (Lipinski definition) is 3. The predicted octanol–water partition coefficient (Wildman–Crippen LogP) is 9.92. The van der Waals surface area contributed by atoms with Crippen LogP contribution in [0.15, 0.2) is 188 Å². The molecule has 0 saturated carbocycles. The summed E-state index contributed by atoms with van der Waals surface area (Å²) in [5, 5.41) is 15.3. The molecule has 0 radical (unpaired) electrons. The maximum Gasteiger partial charge on any atom is 0.224 e. The highest BCUT2D eigenvalue weighted by Gasteiger charge is 2.07. The van der Waals surface area contributed by atoms with Gasteiger partial charge in [-0.15, -0.1) is 0 Å². The molecule has 3 N–H and O–H groups in total. The maximum atomic E-state index is 12.4. The fourth-order valence-corrected chi connectivity index (χ4v) is 6.28. The summed E-state index contributed by atoms with van der Waals surface area (Å²) in [6.07, 6.45) is 2.76. The number of benzene rings is 7. The van der Waals surface area contributed by atoms with Crippen LogP contribution in [0.2, 0.25) is 0 Å². The van der Waals surface area contributed by atoms with Crippen LogP contribution in [0.25, 0.3) is 22.3 Å². The van der Waals surface area contributed by atoms with E-state index in [2.05, 4.69) is 95.6 Å². The molecule has 0 aliphatic rings. The van der Waals surface area contributed by atoms with Crippen LogP contribution in [-0.4, -0.2) is 16.9 Å². The third-order valence-electron chi connectivity index (χ3n) is 9.28. The van der Waals surface area contributed by atoms with Crippen LogP contribution in [0.1, 0.15) is 33.4 Å². The summed E-state index contributed by atoms with van der Waals surface area (Å²) in [5.41, 5.74) is 11.3. The average molecular weight is 723 g/mol. The molecule has 0 aliphatic carbocycles. The van der Waals surface area contributed by atoms with Crippen LogP contribution < -0.4 is 10.6 Å². The Morgan fingerprint density at radius 2 is 0.745 bits per heavy atom. The van der Waals surface area contributed by atoms with Gasteiger partial charge in [0.05, 0.1) is 12.8 Å². The molecule has 55 heavy (non-hydrogen) atoms. The topological polar surface area (TPSA) is 78.4 Å². The number of phenolic OH excluding ortho intramolecular Hbond substituents is 1. The molecular weight excluding hydrogens is 677 g/mol. The molecule has 0 aliphatic heterocycles. The number of rotatable bonds is 13. The lowest BCUT2D eigenvalue weighted by Crippen LogP contribution is -2.24. The number of carbonyl (C=O) groups is 2. The van der Waals surface area contributed by atoms with Crippen molar-refractivity contribution in [2.24, 2.45) is 0 Å². The minimum atomic E-state index is -0.0363. The van der Waals surface area contributed by atoms with Crippen molar-refractivity contribution in [1.82, 2.24) is 10.6 Å². The molecule has 0 unspecified atom stereocenters. The monoisotopic (exact) mass is 722 g/mol. The summed E-state index contributed by atoms with van der Waals surface area (Å²) in [6, 6.07) is 62.6. The van der Waals surface area contributed by atoms with E-state index < -0.39 is 0 Å². The number of nitrogens with one attached hydrogen (secondary N) is 2. The van der Waals surface area contributed by atoms with Gasteiger partial charge in [0.2, 0.25) is 11.8 Å². The third-order valence-corrected chi connectivity index (χ3v) is 9.28. The van der Waals surface area contributed by atoms with Crippen molar-refractivity contribution in [2.75, 3.05) is 0 Å². The second kappa shape index (κ2) is 19.9. The lowest BCUT2D eigenvalue weighted by molar-refractivity contribution is -0.121. The summed E-state index contributed by atoms with van der Waals surface area (Å²) in [6.45, 7) is 0.968. The highest BCUT2D eigenvalue weighted by atomic mass is 16.3. The lowest BCUT2D eigenvalue weighted by atomic mass is 10.0. The molecule has 5 heteroatoms. The van der Waals surface area contributed by atoms with E-state index in [0.717, 1.165) is 51.8 Å². The summed E-state index contributed by atoms with van der Waals surface area (Å²) >= 11 is 0. The Morgan fingerprint density at radius 3 is 1.24 bits per heavy atom. The predicted molar refractivity (Wildman–Crippen MR) is 223 cm³/mol. The fourth-order valence-electron chi connectivity index (χ4n) is 6.28. The second-order valence-electron chi connectivity index (χ2n) is 13.5. The van der Waals surface area contributed by atoms with Gasteiger partial charge in [0, 0.05) is 13.1 Å². The first-order valence-electron chi connectivity index (χ1n) is 18.7. The highest BCUT2D eigenvalue weighted by Crippen LogP contribution is 2.21. The van der Waals surface area contributed by atoms with Crippen molar-refractivity contribution in [2.45, 2.75) is 38.8 Å². The fraction of sp³-hybridized carbons (Fsp3) is 0.120. The van der Waals surface area contributed by atoms with Gasteiger partial charge in [-0.25, -0.2) is 0 Å². The Labute approximate surface area is 324 Å². The average Bonchev–Trinajstić information content (AvgIpc) is 3.23. The third kappa shape index (κ3) is 12.4. The Morgan fingerprint density at radius 1 is 0.364 bits per heavy atom. The van der Waals surface area contributed by atoms with Gasteiger partial charge in [-0.2, -0.15) is 0 Å². The molecule has 7 aromatic rings. The standard InChI is InChI=1S/C29H27NO.C21H19NO2/c31-29(21-25-16-18-28(19-17-25)27-12-5-2-6-13-27)30-22-26-11-7-10-24(20-26)15-14-23-8-3-1-4-9-23;23-20-8-4-5-17(13-20)15-22-21(24)14-16-9-11-19(12-10-16)18-6-2-1-3-7-18/h1-13,16-20H,14-15,21-22H2,(H,30,31);1-13,23H,14-15H2,(H,22,24). The summed E-state index contributed by atoms with van der Waals surface area (Å²) in [4.78, 5) is 24.5. The largest absolute Gasteiger partial charge is 0.508 e. The Hall–Kier alpha value is -6.72. The second-order valence-corrected chi connectivity index (χ2v) is 13.5. The van der Waals surface area contributed by atoms with Crippen LogP contribution in [0.4, 0.5) is 0 Å². The van der Waals surface area contributed by atoms with E-state index in [0.29, 0.717) is 25.9 Å². The normalized spacial score (nSPS) is 10.5. The van der Waals surface area contributed by atoms with E-state index in [1.165, 1.54) is 16.7 Å². The zero-order valence-corrected chi connectivity index (χ0v) is 30.9. The van der Waals surface area contributed by atoms with Gasteiger partial charge >= 0.3 is 0 Å². The molecule has 5 nitrogen and oxygen atoms in total. The summed E-state index contributed by atoms with van der Waals surface area (Å²) in [7, 11) is 0. The minimum Gasteiger partial charge on any atom is -0.508 e. The van der Waals surface area contributed by atoms with Crippen LogP contribution in [-0.2, 0) is 48.4 Å². The number of carbonyl (C=O) groups excluding carboxylic acids is 2. The first kappa shape index (κ1) is 38.0. The number of amides is 2. The van der Waals surface area contributed by atoms with Crippen molar-refractivity contribution in [1.29, 1.82) is 0 Å². The molecule has 0 heterocycles. The first-order chi connectivity index (χ1) is 27.0. The van der Waals surface area contributed by atoms with Gasteiger partial charge in [-0.1, -0.05) is 176 Å². The lowest BCUT2D eigenvalue weighted by Gasteiger charge is -2.09. The van der Waals surface area contributed by atoms with Crippen molar-refractivity contribution < 1.29 is 14.7 Å². The maximum absolute atomic E-state index is 12.4. The smallest absolute Gasteiger partial charge is 0.224 e. The zero-order chi connectivity index (χ0) is 38.1. The SMILES string of the molecule is O=C(Cc1ccc(-c2ccccc2)cc1)NCc1cccc(CCc2ccccc2)c1.O=C(Cc1ccc(-c2ccccc2)cc1)NCc1cccc(O)c1. The number of phenols is 1. The Balaban J connectivity index is 0.000000193. The summed E-state index contributed by atoms with van der Waals surface area (Å²) in [5.74, 6) is 0.214. The zero-order valence-electron chi connectivity index (χ0n) is 30.9. The number of aromatic hydroxyl groups is 1. The molecule has 0 fully saturated rings. The minimum absolute atomic E-state index is 0.0363. The van der Waals surface area contributed by atoms with E-state index in [-0.39, 0.29) is 17.6 Å². The van der Waals surface area contributed by atoms with Gasteiger partial charge in [0.15, 0.2) is 0 Å². The van der Waals surface area contributed by atoms with E-state index in [4.69, 9.17) is 0 Å². The van der Waals surface area contributed by atoms with Crippen molar-refractivity contribution in [3.05, 3.63) is 221 Å². The van der Waals surface area contributed by atoms with Gasteiger partial charge in [-0.05, 0) is 80.6 Å². The van der Waals surface area contributed by atoms with Crippen LogP contribution in [0, 0.1) is 0 Å². The van der Waals surface area contributed by atoms with Crippen molar-refractivity contribution in [3.63, 3.8) is 0 Å². The van der Waals surface area contributed by atoms with E-state index in [1.54, 1.807) is 18.2 Å². The Bertz CT molecular complexity index is 2240. The van der Waals surface area contributed by atoms with E-state index >= 15 is 0 Å². The molecule has 0 atom stereocenters. The molecule has 2 amide bonds. The van der Waals surface area contributed by atoms with E-state index in [9.17, 15) is 14.7 Å². The first-order valence-corrected chi connectivity index (χ1v) is 18.7. The number of hydrogen-bond acceptors (Lipinski definition) is 3. The van der Waals surface area contributed by atoms with Crippen LogP contribution in [0.3, 0.4) is 0 Å².